The maximum atomic E-state index is 12.2. The number of nitrogens with one attached hydrogen (secondary N) is 1. The number of sulfonamides is 1. The first kappa shape index (κ1) is 17.1. The van der Waals surface area contributed by atoms with Crippen molar-refractivity contribution in [1.82, 2.24) is 9.62 Å². The van der Waals surface area contributed by atoms with Crippen LogP contribution >= 0.6 is 0 Å². The van der Waals surface area contributed by atoms with Crippen LogP contribution in [0, 0.1) is 5.41 Å². The molecule has 0 unspecified atom stereocenters. The van der Waals surface area contributed by atoms with E-state index in [1.165, 1.54) is 0 Å². The summed E-state index contributed by atoms with van der Waals surface area (Å²) in [7, 11) is 0.549. The van der Waals surface area contributed by atoms with Crippen molar-refractivity contribution < 1.29 is 8.42 Å². The Morgan fingerprint density at radius 2 is 1.70 bits per heavy atom. The third kappa shape index (κ3) is 5.23. The summed E-state index contributed by atoms with van der Waals surface area (Å²) in [5.41, 5.74) is 1.02. The molecule has 0 radical (unpaired) electrons. The van der Waals surface area contributed by atoms with Crippen LogP contribution in [0.5, 0.6) is 0 Å². The second-order valence-corrected chi connectivity index (χ2v) is 7.99. The minimum Gasteiger partial charge on any atom is -0.309 e. The lowest BCUT2D eigenvalue weighted by Crippen LogP contribution is -2.39. The van der Waals surface area contributed by atoms with Gasteiger partial charge < -0.3 is 4.90 Å². The van der Waals surface area contributed by atoms with Gasteiger partial charge in [-0.25, -0.2) is 13.1 Å². The van der Waals surface area contributed by atoms with Crippen molar-refractivity contribution in [2.45, 2.75) is 32.1 Å². The standard InChI is InChI=1S/C15H26N2O2S/c1-6-13-7-9-14(10-8-13)20(18,19)16-11-15(2,3)12-17(4)5/h7-10,16H,6,11-12H2,1-5H3. The Morgan fingerprint density at radius 1 is 1.15 bits per heavy atom. The van der Waals surface area contributed by atoms with E-state index in [-0.39, 0.29) is 5.41 Å². The fourth-order valence-electron chi connectivity index (χ4n) is 2.19. The number of benzene rings is 1. The molecule has 0 aliphatic heterocycles. The smallest absolute Gasteiger partial charge is 0.240 e. The Balaban J connectivity index is 2.74. The van der Waals surface area contributed by atoms with Crippen molar-refractivity contribution in [3.05, 3.63) is 29.8 Å². The van der Waals surface area contributed by atoms with Gasteiger partial charge in [-0.05, 0) is 43.6 Å². The molecule has 0 spiro atoms. The first-order valence-corrected chi connectivity index (χ1v) is 8.38. The van der Waals surface area contributed by atoms with Crippen molar-refractivity contribution >= 4 is 10.0 Å². The second-order valence-electron chi connectivity index (χ2n) is 6.22. The molecular formula is C15H26N2O2S. The first-order valence-electron chi connectivity index (χ1n) is 6.89. The summed E-state index contributed by atoms with van der Waals surface area (Å²) >= 11 is 0. The maximum Gasteiger partial charge on any atom is 0.240 e. The molecule has 0 saturated heterocycles. The highest BCUT2D eigenvalue weighted by atomic mass is 32.2. The monoisotopic (exact) mass is 298 g/mol. The van der Waals surface area contributed by atoms with E-state index in [1.807, 2.05) is 33.2 Å². The third-order valence-electron chi connectivity index (χ3n) is 3.13. The minimum atomic E-state index is -3.42. The Morgan fingerprint density at radius 3 is 2.15 bits per heavy atom. The highest BCUT2D eigenvalue weighted by Gasteiger charge is 2.22. The molecule has 0 aliphatic rings. The van der Waals surface area contributed by atoms with Gasteiger partial charge in [-0.1, -0.05) is 32.9 Å². The van der Waals surface area contributed by atoms with Crippen LogP contribution in [0.15, 0.2) is 29.2 Å². The van der Waals surface area contributed by atoms with Gasteiger partial charge in [0.1, 0.15) is 0 Å². The molecule has 1 aromatic carbocycles. The molecule has 0 aliphatic carbocycles. The molecule has 0 heterocycles. The molecule has 0 amide bonds. The number of nitrogens with zero attached hydrogens (tertiary/aromatic N) is 1. The van der Waals surface area contributed by atoms with Gasteiger partial charge in [0.2, 0.25) is 10.0 Å². The van der Waals surface area contributed by atoms with Crippen molar-refractivity contribution in [2.75, 3.05) is 27.2 Å². The van der Waals surface area contributed by atoms with Gasteiger partial charge in [-0.15, -0.1) is 0 Å². The van der Waals surface area contributed by atoms with E-state index < -0.39 is 10.0 Å². The Bertz CT molecular complexity index is 519. The van der Waals surface area contributed by atoms with Gasteiger partial charge >= 0.3 is 0 Å². The quantitative estimate of drug-likeness (QED) is 0.839. The number of hydrogen-bond acceptors (Lipinski definition) is 3. The fraction of sp³-hybridized carbons (Fsp3) is 0.600. The van der Waals surface area contributed by atoms with Crippen LogP contribution in [0.2, 0.25) is 0 Å². The predicted octanol–water partition coefficient (Wildman–Crippen LogP) is 2.12. The lowest BCUT2D eigenvalue weighted by atomic mass is 9.93. The SMILES string of the molecule is CCc1ccc(S(=O)(=O)NCC(C)(C)CN(C)C)cc1. The van der Waals surface area contributed by atoms with E-state index in [4.69, 9.17) is 0 Å². The summed E-state index contributed by atoms with van der Waals surface area (Å²) in [6.45, 7) is 7.39. The van der Waals surface area contributed by atoms with Crippen molar-refractivity contribution in [2.24, 2.45) is 5.41 Å². The van der Waals surface area contributed by atoms with Crippen LogP contribution in [-0.4, -0.2) is 40.5 Å². The summed E-state index contributed by atoms with van der Waals surface area (Å²) in [5.74, 6) is 0. The van der Waals surface area contributed by atoms with E-state index >= 15 is 0 Å². The average Bonchev–Trinajstić information content (AvgIpc) is 2.35. The lowest BCUT2D eigenvalue weighted by Gasteiger charge is -2.28. The highest BCUT2D eigenvalue weighted by molar-refractivity contribution is 7.89. The third-order valence-corrected chi connectivity index (χ3v) is 4.54. The lowest BCUT2D eigenvalue weighted by molar-refractivity contribution is 0.242. The number of hydrogen-bond donors (Lipinski definition) is 1. The molecule has 4 nitrogen and oxygen atoms in total. The van der Waals surface area contributed by atoms with Gasteiger partial charge in [0, 0.05) is 13.1 Å². The largest absolute Gasteiger partial charge is 0.309 e. The van der Waals surface area contributed by atoms with E-state index in [2.05, 4.69) is 23.5 Å². The molecule has 0 bridgehead atoms. The van der Waals surface area contributed by atoms with Gasteiger partial charge in [-0.3, -0.25) is 0 Å². The first-order chi connectivity index (χ1) is 9.16. The Hall–Kier alpha value is -0.910. The molecule has 114 valence electrons. The Labute approximate surface area is 123 Å². The molecule has 0 fully saturated rings. The van der Waals surface area contributed by atoms with Crippen molar-refractivity contribution in [3.8, 4) is 0 Å². The Kier molecular flexibility index (Phi) is 5.74. The van der Waals surface area contributed by atoms with E-state index in [0.717, 1.165) is 18.5 Å². The molecule has 0 atom stereocenters. The van der Waals surface area contributed by atoms with Crippen molar-refractivity contribution in [3.63, 3.8) is 0 Å². The zero-order valence-electron chi connectivity index (χ0n) is 13.1. The summed E-state index contributed by atoms with van der Waals surface area (Å²) in [4.78, 5) is 2.39. The van der Waals surface area contributed by atoms with E-state index in [0.29, 0.717) is 11.4 Å². The van der Waals surface area contributed by atoms with Crippen LogP contribution in [0.3, 0.4) is 0 Å². The van der Waals surface area contributed by atoms with Crippen LogP contribution in [0.25, 0.3) is 0 Å². The van der Waals surface area contributed by atoms with Gasteiger partial charge in [0.25, 0.3) is 0 Å². The number of aryl methyl sites for hydroxylation is 1. The van der Waals surface area contributed by atoms with Gasteiger partial charge in [0.05, 0.1) is 4.90 Å². The zero-order chi connectivity index (χ0) is 15.4. The molecule has 0 saturated carbocycles. The van der Waals surface area contributed by atoms with Crippen LogP contribution < -0.4 is 4.72 Å². The molecule has 1 rings (SSSR count). The summed E-state index contributed by atoms with van der Waals surface area (Å²) in [6, 6.07) is 7.05. The zero-order valence-corrected chi connectivity index (χ0v) is 13.9. The molecule has 1 aromatic rings. The van der Waals surface area contributed by atoms with Crippen LogP contribution in [0.4, 0.5) is 0 Å². The molecule has 20 heavy (non-hydrogen) atoms. The minimum absolute atomic E-state index is 0.111. The number of rotatable bonds is 7. The molecule has 1 N–H and O–H groups in total. The van der Waals surface area contributed by atoms with Gasteiger partial charge in [-0.2, -0.15) is 0 Å². The van der Waals surface area contributed by atoms with Crippen LogP contribution in [0.1, 0.15) is 26.3 Å². The van der Waals surface area contributed by atoms with Gasteiger partial charge in [0.15, 0.2) is 0 Å². The highest BCUT2D eigenvalue weighted by Crippen LogP contribution is 2.17. The molecule has 5 heteroatoms. The average molecular weight is 298 g/mol. The normalized spacial score (nSPS) is 12.9. The maximum absolute atomic E-state index is 12.2. The molecule has 0 aromatic heterocycles. The predicted molar refractivity (Wildman–Crippen MR) is 83.3 cm³/mol. The topological polar surface area (TPSA) is 49.4 Å². The summed E-state index contributed by atoms with van der Waals surface area (Å²) < 4.78 is 27.2. The fourth-order valence-corrected chi connectivity index (χ4v) is 3.43. The molecular weight excluding hydrogens is 272 g/mol. The second kappa shape index (κ2) is 6.70. The summed E-state index contributed by atoms with van der Waals surface area (Å²) in [5, 5.41) is 0. The summed E-state index contributed by atoms with van der Waals surface area (Å²) in [6.07, 6.45) is 0.906. The van der Waals surface area contributed by atoms with Crippen LogP contribution in [-0.2, 0) is 16.4 Å². The van der Waals surface area contributed by atoms with Crippen molar-refractivity contribution in [1.29, 1.82) is 0 Å². The van der Waals surface area contributed by atoms with E-state index in [1.54, 1.807) is 12.1 Å². The van der Waals surface area contributed by atoms with E-state index in [9.17, 15) is 8.42 Å².